The van der Waals surface area contributed by atoms with Crippen molar-refractivity contribution in [3.05, 3.63) is 34.1 Å². The molecule has 0 spiro atoms. The van der Waals surface area contributed by atoms with Gasteiger partial charge in [-0.15, -0.1) is 0 Å². The molecule has 2 rings (SSSR count). The van der Waals surface area contributed by atoms with Crippen LogP contribution in [0.25, 0.3) is 0 Å². The molecule has 0 aromatic heterocycles. The smallest absolute Gasteiger partial charge is 0.254 e. The van der Waals surface area contributed by atoms with E-state index in [1.54, 1.807) is 6.07 Å². The molecule has 1 aromatic rings. The number of benzene rings is 1. The molecule has 1 N–H and O–H groups in total. The van der Waals surface area contributed by atoms with Gasteiger partial charge in [0.05, 0.1) is 11.7 Å². The Morgan fingerprint density at radius 1 is 1.50 bits per heavy atom. The summed E-state index contributed by atoms with van der Waals surface area (Å²) in [6.07, 6.45) is 3.19. The van der Waals surface area contributed by atoms with Gasteiger partial charge in [0.15, 0.2) is 0 Å². The van der Waals surface area contributed by atoms with Crippen molar-refractivity contribution in [2.75, 3.05) is 13.2 Å². The molecule has 18 heavy (non-hydrogen) atoms. The first kappa shape index (κ1) is 13.5. The Balaban J connectivity index is 1.92. The van der Waals surface area contributed by atoms with E-state index in [2.05, 4.69) is 21.2 Å². The Morgan fingerprint density at radius 3 is 3.06 bits per heavy atom. The summed E-state index contributed by atoms with van der Waals surface area (Å²) in [5.41, 5.74) is 0.0557. The number of hydrogen-bond acceptors (Lipinski definition) is 2. The number of hydrogen-bond donors (Lipinski definition) is 1. The molecule has 3 nitrogen and oxygen atoms in total. The molecule has 0 radical (unpaired) electrons. The summed E-state index contributed by atoms with van der Waals surface area (Å²) in [6.45, 7) is 1.18. The van der Waals surface area contributed by atoms with E-state index >= 15 is 0 Å². The maximum Gasteiger partial charge on any atom is 0.254 e. The second kappa shape index (κ2) is 6.29. The van der Waals surface area contributed by atoms with Crippen LogP contribution in [0.15, 0.2) is 22.7 Å². The summed E-state index contributed by atoms with van der Waals surface area (Å²) in [5, 5.41) is 2.71. The van der Waals surface area contributed by atoms with Crippen molar-refractivity contribution < 1.29 is 13.9 Å². The summed E-state index contributed by atoms with van der Waals surface area (Å²) < 4.78 is 19.7. The van der Waals surface area contributed by atoms with Gasteiger partial charge in [-0.25, -0.2) is 4.39 Å². The highest BCUT2D eigenvalue weighted by Crippen LogP contribution is 2.16. The van der Waals surface area contributed by atoms with Crippen LogP contribution in [0.4, 0.5) is 4.39 Å². The molecule has 1 saturated heterocycles. The fraction of sp³-hybridized carbons (Fsp3) is 0.462. The van der Waals surface area contributed by atoms with E-state index in [0.717, 1.165) is 25.9 Å². The monoisotopic (exact) mass is 315 g/mol. The van der Waals surface area contributed by atoms with Crippen molar-refractivity contribution in [2.45, 2.75) is 25.4 Å². The average molecular weight is 316 g/mol. The van der Waals surface area contributed by atoms with Crippen LogP contribution in [0.3, 0.4) is 0 Å². The van der Waals surface area contributed by atoms with Crippen molar-refractivity contribution in [3.63, 3.8) is 0 Å². The molecular weight excluding hydrogens is 301 g/mol. The standard InChI is InChI=1S/C13H15BrFNO2/c14-9-4-5-12(15)11(7-9)13(17)16-8-10-3-1-2-6-18-10/h4-5,7,10H,1-3,6,8H2,(H,16,17). The molecule has 1 fully saturated rings. The Hall–Kier alpha value is -0.940. The van der Waals surface area contributed by atoms with Crippen molar-refractivity contribution in [3.8, 4) is 0 Å². The van der Waals surface area contributed by atoms with Crippen LogP contribution in [0.2, 0.25) is 0 Å². The van der Waals surface area contributed by atoms with Gasteiger partial charge in [0.1, 0.15) is 5.82 Å². The van der Waals surface area contributed by atoms with E-state index in [1.165, 1.54) is 12.1 Å². The number of carbonyl (C=O) groups excluding carboxylic acids is 1. The predicted octanol–water partition coefficient (Wildman–Crippen LogP) is 2.89. The quantitative estimate of drug-likeness (QED) is 0.931. The zero-order valence-corrected chi connectivity index (χ0v) is 11.5. The molecule has 1 aliphatic heterocycles. The first-order valence-corrected chi connectivity index (χ1v) is 6.81. The zero-order valence-electron chi connectivity index (χ0n) is 9.92. The zero-order chi connectivity index (χ0) is 13.0. The Morgan fingerprint density at radius 2 is 2.33 bits per heavy atom. The molecule has 1 heterocycles. The predicted molar refractivity (Wildman–Crippen MR) is 70.0 cm³/mol. The fourth-order valence-electron chi connectivity index (χ4n) is 1.94. The lowest BCUT2D eigenvalue weighted by molar-refractivity contribution is 0.0168. The lowest BCUT2D eigenvalue weighted by atomic mass is 10.1. The third-order valence-electron chi connectivity index (χ3n) is 2.94. The fourth-order valence-corrected chi connectivity index (χ4v) is 2.30. The molecule has 1 amide bonds. The summed E-state index contributed by atoms with van der Waals surface area (Å²) in [4.78, 5) is 11.8. The van der Waals surface area contributed by atoms with Crippen LogP contribution in [-0.4, -0.2) is 25.2 Å². The summed E-state index contributed by atoms with van der Waals surface area (Å²) in [6, 6.07) is 4.32. The molecule has 0 bridgehead atoms. The number of ether oxygens (including phenoxy) is 1. The number of amides is 1. The number of nitrogens with one attached hydrogen (secondary N) is 1. The topological polar surface area (TPSA) is 38.3 Å². The minimum Gasteiger partial charge on any atom is -0.376 e. The van der Waals surface area contributed by atoms with Gasteiger partial charge in [-0.2, -0.15) is 0 Å². The minimum atomic E-state index is -0.514. The van der Waals surface area contributed by atoms with Gasteiger partial charge in [0, 0.05) is 17.6 Å². The van der Waals surface area contributed by atoms with Crippen LogP contribution >= 0.6 is 15.9 Å². The van der Waals surface area contributed by atoms with Crippen LogP contribution in [0.5, 0.6) is 0 Å². The van der Waals surface area contributed by atoms with Crippen LogP contribution < -0.4 is 5.32 Å². The maximum atomic E-state index is 13.5. The maximum absolute atomic E-state index is 13.5. The molecule has 1 aromatic carbocycles. The Labute approximate surface area is 114 Å². The summed E-state index contributed by atoms with van der Waals surface area (Å²) >= 11 is 3.22. The first-order valence-electron chi connectivity index (χ1n) is 6.01. The lowest BCUT2D eigenvalue weighted by Crippen LogP contribution is -2.35. The molecule has 1 atom stereocenters. The second-order valence-corrected chi connectivity index (χ2v) is 5.24. The Bertz CT molecular complexity index is 433. The highest BCUT2D eigenvalue weighted by molar-refractivity contribution is 9.10. The van der Waals surface area contributed by atoms with Gasteiger partial charge in [0.2, 0.25) is 0 Å². The van der Waals surface area contributed by atoms with Gasteiger partial charge in [-0.3, -0.25) is 4.79 Å². The van der Waals surface area contributed by atoms with Crippen molar-refractivity contribution in [2.24, 2.45) is 0 Å². The molecule has 1 aliphatic rings. The van der Waals surface area contributed by atoms with Crippen molar-refractivity contribution >= 4 is 21.8 Å². The van der Waals surface area contributed by atoms with E-state index in [0.29, 0.717) is 11.0 Å². The van der Waals surface area contributed by atoms with E-state index in [9.17, 15) is 9.18 Å². The normalized spacial score (nSPS) is 19.6. The molecule has 5 heteroatoms. The van der Waals surface area contributed by atoms with E-state index in [4.69, 9.17) is 4.74 Å². The molecule has 1 unspecified atom stereocenters. The van der Waals surface area contributed by atoms with Gasteiger partial charge in [-0.1, -0.05) is 15.9 Å². The van der Waals surface area contributed by atoms with Crippen LogP contribution in [0.1, 0.15) is 29.6 Å². The lowest BCUT2D eigenvalue weighted by Gasteiger charge is -2.22. The molecular formula is C13H15BrFNO2. The second-order valence-electron chi connectivity index (χ2n) is 4.32. The minimum absolute atomic E-state index is 0.0536. The van der Waals surface area contributed by atoms with Crippen molar-refractivity contribution in [1.82, 2.24) is 5.32 Å². The summed E-state index contributed by atoms with van der Waals surface area (Å²) in [7, 11) is 0. The summed E-state index contributed by atoms with van der Waals surface area (Å²) in [5.74, 6) is -0.914. The highest BCUT2D eigenvalue weighted by atomic mass is 79.9. The molecule has 0 saturated carbocycles. The third kappa shape index (κ3) is 3.53. The third-order valence-corrected chi connectivity index (χ3v) is 3.43. The van der Waals surface area contributed by atoms with Gasteiger partial charge >= 0.3 is 0 Å². The van der Waals surface area contributed by atoms with E-state index in [1.807, 2.05) is 0 Å². The average Bonchev–Trinajstić information content (AvgIpc) is 2.40. The number of carbonyl (C=O) groups is 1. The number of halogens is 2. The van der Waals surface area contributed by atoms with Gasteiger partial charge in [-0.05, 0) is 37.5 Å². The largest absolute Gasteiger partial charge is 0.376 e. The van der Waals surface area contributed by atoms with Gasteiger partial charge in [0.25, 0.3) is 5.91 Å². The first-order chi connectivity index (χ1) is 8.66. The Kier molecular flexibility index (Phi) is 4.72. The SMILES string of the molecule is O=C(NCC1CCCCO1)c1cc(Br)ccc1F. The van der Waals surface area contributed by atoms with E-state index < -0.39 is 11.7 Å². The van der Waals surface area contributed by atoms with Crippen molar-refractivity contribution in [1.29, 1.82) is 0 Å². The van der Waals surface area contributed by atoms with E-state index in [-0.39, 0.29) is 11.7 Å². The van der Waals surface area contributed by atoms with Crippen LogP contribution in [-0.2, 0) is 4.74 Å². The van der Waals surface area contributed by atoms with Gasteiger partial charge < -0.3 is 10.1 Å². The highest BCUT2D eigenvalue weighted by Gasteiger charge is 2.17. The molecule has 0 aliphatic carbocycles. The molecule has 98 valence electrons. The number of rotatable bonds is 3. The van der Waals surface area contributed by atoms with Crippen LogP contribution in [0, 0.1) is 5.82 Å².